The molecular weight excluding hydrogens is 558 g/mol. The Labute approximate surface area is 217 Å². The number of esters is 1. The highest BCUT2D eigenvalue weighted by molar-refractivity contribution is 9.10. The highest BCUT2D eigenvalue weighted by atomic mass is 79.9. The third kappa shape index (κ3) is 4.98. The molecule has 36 heavy (non-hydrogen) atoms. The molecule has 0 spiro atoms. The molecule has 0 fully saturated rings. The Balaban J connectivity index is 1.95. The minimum absolute atomic E-state index is 0.0580. The quantitative estimate of drug-likeness (QED) is 0.393. The number of fused-ring (bicyclic) bond motifs is 1. The van der Waals surface area contributed by atoms with Gasteiger partial charge >= 0.3 is 12.6 Å². The van der Waals surface area contributed by atoms with Crippen LogP contribution in [0.15, 0.2) is 68.0 Å². The second-order valence-corrected chi connectivity index (χ2v) is 9.48. The largest absolute Gasteiger partial charge is 0.496 e. The fourth-order valence-electron chi connectivity index (χ4n) is 3.90. The molecule has 0 amide bonds. The van der Waals surface area contributed by atoms with E-state index in [1.807, 2.05) is 0 Å². The predicted octanol–water partition coefficient (Wildman–Crippen LogP) is 4.17. The molecule has 0 radical (unpaired) electrons. The van der Waals surface area contributed by atoms with Gasteiger partial charge in [-0.05, 0) is 59.6 Å². The summed E-state index contributed by atoms with van der Waals surface area (Å²) in [5, 5.41) is 0. The SMILES string of the molecule is CCOC(=O)C1=C(C)N=c2s/c(=C/c3ccccc3OC(F)F)c(=O)n2[C@@H]1c1ccc(OC)c(Br)c1. The van der Waals surface area contributed by atoms with Gasteiger partial charge in [0.25, 0.3) is 5.56 Å². The molecule has 188 valence electrons. The third-order valence-corrected chi connectivity index (χ3v) is 7.03. The number of rotatable bonds is 7. The average molecular weight is 579 g/mol. The Hall–Kier alpha value is -3.31. The summed E-state index contributed by atoms with van der Waals surface area (Å²) < 4.78 is 43.3. The molecule has 0 unspecified atom stereocenters. The molecule has 2 aromatic carbocycles. The second-order valence-electron chi connectivity index (χ2n) is 7.61. The van der Waals surface area contributed by atoms with E-state index in [0.717, 1.165) is 11.3 Å². The number of ether oxygens (including phenoxy) is 3. The first kappa shape index (κ1) is 25.8. The summed E-state index contributed by atoms with van der Waals surface area (Å²) in [4.78, 5) is 31.5. The first-order chi connectivity index (χ1) is 17.2. The van der Waals surface area contributed by atoms with Gasteiger partial charge in [-0.25, -0.2) is 9.79 Å². The molecule has 1 aliphatic heterocycles. The van der Waals surface area contributed by atoms with Gasteiger partial charge in [0.15, 0.2) is 4.80 Å². The molecule has 3 aromatic rings. The van der Waals surface area contributed by atoms with Crippen LogP contribution >= 0.6 is 27.3 Å². The number of aromatic nitrogens is 1. The number of thiazole rings is 1. The van der Waals surface area contributed by atoms with E-state index in [4.69, 9.17) is 9.47 Å². The number of nitrogens with zero attached hydrogens (tertiary/aromatic N) is 2. The fraction of sp³-hybridized carbons (Fsp3) is 0.240. The molecular formula is C25H21BrF2N2O5S. The fourth-order valence-corrected chi connectivity index (χ4v) is 5.50. The number of carbonyl (C=O) groups is 1. The van der Waals surface area contributed by atoms with Gasteiger partial charge in [0, 0.05) is 5.56 Å². The molecule has 2 heterocycles. The number of alkyl halides is 2. The van der Waals surface area contributed by atoms with Crippen molar-refractivity contribution in [3.8, 4) is 11.5 Å². The molecule has 0 saturated heterocycles. The lowest BCUT2D eigenvalue weighted by molar-refractivity contribution is -0.139. The average Bonchev–Trinajstić information content (AvgIpc) is 3.13. The van der Waals surface area contributed by atoms with Crippen LogP contribution in [0.25, 0.3) is 6.08 Å². The van der Waals surface area contributed by atoms with Crippen LogP contribution in [0, 0.1) is 0 Å². The minimum Gasteiger partial charge on any atom is -0.496 e. The molecule has 1 aromatic heterocycles. The molecule has 0 bridgehead atoms. The van der Waals surface area contributed by atoms with Crippen LogP contribution in [0.2, 0.25) is 0 Å². The summed E-state index contributed by atoms with van der Waals surface area (Å²) in [6.45, 7) is 0.519. The Morgan fingerprint density at radius 1 is 1.25 bits per heavy atom. The number of halogens is 3. The Morgan fingerprint density at radius 2 is 2.00 bits per heavy atom. The van der Waals surface area contributed by atoms with E-state index in [2.05, 4.69) is 25.7 Å². The van der Waals surface area contributed by atoms with E-state index < -0.39 is 24.2 Å². The minimum atomic E-state index is -3.01. The van der Waals surface area contributed by atoms with Crippen LogP contribution in [0.4, 0.5) is 8.78 Å². The normalized spacial score (nSPS) is 15.5. The Bertz CT molecular complexity index is 1530. The number of para-hydroxylation sites is 1. The zero-order valence-electron chi connectivity index (χ0n) is 19.5. The maximum Gasteiger partial charge on any atom is 0.387 e. The van der Waals surface area contributed by atoms with Crippen molar-refractivity contribution in [3.63, 3.8) is 0 Å². The highest BCUT2D eigenvalue weighted by Crippen LogP contribution is 2.35. The van der Waals surface area contributed by atoms with Crippen LogP contribution < -0.4 is 24.4 Å². The smallest absolute Gasteiger partial charge is 0.387 e. The van der Waals surface area contributed by atoms with Crippen LogP contribution in [-0.2, 0) is 9.53 Å². The van der Waals surface area contributed by atoms with Crippen LogP contribution in [0.1, 0.15) is 31.0 Å². The van der Waals surface area contributed by atoms with Gasteiger partial charge in [0.1, 0.15) is 11.5 Å². The van der Waals surface area contributed by atoms with E-state index >= 15 is 0 Å². The molecule has 4 rings (SSSR count). The summed E-state index contributed by atoms with van der Waals surface area (Å²) in [5.74, 6) is -0.0572. The van der Waals surface area contributed by atoms with Crippen molar-refractivity contribution >= 4 is 39.3 Å². The zero-order valence-corrected chi connectivity index (χ0v) is 21.9. The van der Waals surface area contributed by atoms with Crippen molar-refractivity contribution in [1.82, 2.24) is 4.57 Å². The number of hydrogen-bond donors (Lipinski definition) is 0. The van der Waals surface area contributed by atoms with Gasteiger partial charge in [0.05, 0.1) is 40.0 Å². The third-order valence-electron chi connectivity index (χ3n) is 5.43. The van der Waals surface area contributed by atoms with E-state index in [-0.39, 0.29) is 22.5 Å². The summed E-state index contributed by atoms with van der Waals surface area (Å²) in [7, 11) is 1.53. The summed E-state index contributed by atoms with van der Waals surface area (Å²) in [6, 6.07) is 10.6. The van der Waals surface area contributed by atoms with Crippen LogP contribution in [0.5, 0.6) is 11.5 Å². The Kier molecular flexibility index (Phi) is 7.70. The number of carbonyl (C=O) groups excluding carboxylic acids is 1. The molecule has 1 atom stereocenters. The van der Waals surface area contributed by atoms with Gasteiger partial charge in [-0.2, -0.15) is 8.78 Å². The summed E-state index contributed by atoms with van der Waals surface area (Å²) in [5.41, 5.74) is 1.16. The van der Waals surface area contributed by atoms with Crippen LogP contribution in [-0.4, -0.2) is 30.9 Å². The second kappa shape index (κ2) is 10.8. The molecule has 0 N–H and O–H groups in total. The molecule has 11 heteroatoms. The van der Waals surface area contributed by atoms with Crippen molar-refractivity contribution in [2.45, 2.75) is 26.5 Å². The van der Waals surface area contributed by atoms with E-state index in [1.54, 1.807) is 50.2 Å². The standard InChI is InChI=1S/C25H21BrF2N2O5S/c1-4-34-23(32)20-13(2)29-25-30(21(20)15-9-10-18(33-3)16(26)11-15)22(31)19(36-25)12-14-7-5-6-8-17(14)35-24(27)28/h5-12,21,24H,4H2,1-3H3/b19-12+/t21-/m1/s1. The van der Waals surface area contributed by atoms with E-state index in [0.29, 0.717) is 31.8 Å². The number of methoxy groups -OCH3 is 1. The van der Waals surface area contributed by atoms with Crippen molar-refractivity contribution in [1.29, 1.82) is 0 Å². The van der Waals surface area contributed by atoms with Gasteiger partial charge in [-0.3, -0.25) is 9.36 Å². The lowest BCUT2D eigenvalue weighted by Crippen LogP contribution is -2.40. The Morgan fingerprint density at radius 3 is 2.67 bits per heavy atom. The molecule has 0 saturated carbocycles. The predicted molar refractivity (Wildman–Crippen MR) is 134 cm³/mol. The zero-order chi connectivity index (χ0) is 26.0. The van der Waals surface area contributed by atoms with Crippen LogP contribution in [0.3, 0.4) is 0 Å². The number of allylic oxidation sites excluding steroid dienone is 1. The topological polar surface area (TPSA) is 79.1 Å². The number of hydrogen-bond acceptors (Lipinski definition) is 7. The summed E-state index contributed by atoms with van der Waals surface area (Å²) in [6.07, 6.45) is 1.48. The van der Waals surface area contributed by atoms with E-state index in [9.17, 15) is 18.4 Å². The van der Waals surface area contributed by atoms with Crippen molar-refractivity contribution in [3.05, 3.63) is 89.0 Å². The lowest BCUT2D eigenvalue weighted by atomic mass is 9.96. The summed E-state index contributed by atoms with van der Waals surface area (Å²) >= 11 is 4.55. The van der Waals surface area contributed by atoms with E-state index in [1.165, 1.54) is 23.8 Å². The first-order valence-corrected chi connectivity index (χ1v) is 12.4. The van der Waals surface area contributed by atoms with Crippen molar-refractivity contribution in [2.75, 3.05) is 13.7 Å². The monoisotopic (exact) mass is 578 g/mol. The maximum absolute atomic E-state index is 13.7. The van der Waals surface area contributed by atoms with Crippen molar-refractivity contribution in [2.24, 2.45) is 4.99 Å². The van der Waals surface area contributed by atoms with Gasteiger partial charge < -0.3 is 14.2 Å². The van der Waals surface area contributed by atoms with Gasteiger partial charge in [0.2, 0.25) is 0 Å². The van der Waals surface area contributed by atoms with Gasteiger partial charge in [-0.1, -0.05) is 35.6 Å². The maximum atomic E-state index is 13.7. The lowest BCUT2D eigenvalue weighted by Gasteiger charge is -2.25. The van der Waals surface area contributed by atoms with Gasteiger partial charge in [-0.15, -0.1) is 0 Å². The molecule has 7 nitrogen and oxygen atoms in total. The number of benzene rings is 2. The molecule has 1 aliphatic rings. The first-order valence-electron chi connectivity index (χ1n) is 10.8. The molecule has 0 aliphatic carbocycles. The highest BCUT2D eigenvalue weighted by Gasteiger charge is 2.33. The van der Waals surface area contributed by atoms with Crippen molar-refractivity contribution < 1.29 is 27.8 Å².